The Balaban J connectivity index is 1.13. The van der Waals surface area contributed by atoms with Crippen molar-refractivity contribution in [3.63, 3.8) is 0 Å². The van der Waals surface area contributed by atoms with Crippen molar-refractivity contribution in [2.45, 2.75) is 38.3 Å². The van der Waals surface area contributed by atoms with Crippen LogP contribution in [0.3, 0.4) is 0 Å². The second-order valence-corrected chi connectivity index (χ2v) is 11.1. The SMILES string of the molecule is O=C(C1CCN(Cc2ccsc2)CC1)N1CCC(n2c(-c3ccccn3)nc3cc(Cl)ccc32)CC1. The van der Waals surface area contributed by atoms with Crippen molar-refractivity contribution in [2.75, 3.05) is 26.2 Å². The minimum Gasteiger partial charge on any atom is -0.342 e. The van der Waals surface area contributed by atoms with E-state index in [0.717, 1.165) is 81.0 Å². The number of benzene rings is 1. The molecular formula is C28H30ClN5OS. The number of amides is 1. The summed E-state index contributed by atoms with van der Waals surface area (Å²) >= 11 is 8.02. The predicted molar refractivity (Wildman–Crippen MR) is 145 cm³/mol. The first-order valence-electron chi connectivity index (χ1n) is 12.8. The van der Waals surface area contributed by atoms with Crippen LogP contribution in [0.1, 0.15) is 37.3 Å². The molecule has 0 aliphatic carbocycles. The lowest BCUT2D eigenvalue weighted by molar-refractivity contribution is -0.138. The molecule has 1 amide bonds. The Labute approximate surface area is 220 Å². The monoisotopic (exact) mass is 519 g/mol. The van der Waals surface area contributed by atoms with Crippen molar-refractivity contribution in [1.82, 2.24) is 24.3 Å². The second-order valence-electron chi connectivity index (χ2n) is 9.89. The average molecular weight is 520 g/mol. The van der Waals surface area contributed by atoms with Crippen molar-refractivity contribution >= 4 is 39.9 Å². The third-order valence-corrected chi connectivity index (χ3v) is 8.58. The van der Waals surface area contributed by atoms with Gasteiger partial charge in [0.2, 0.25) is 5.91 Å². The number of fused-ring (bicyclic) bond motifs is 1. The molecule has 0 unspecified atom stereocenters. The molecular weight excluding hydrogens is 490 g/mol. The van der Waals surface area contributed by atoms with Gasteiger partial charge < -0.3 is 9.47 Å². The van der Waals surface area contributed by atoms with Crippen LogP contribution in [0, 0.1) is 5.92 Å². The first-order valence-corrected chi connectivity index (χ1v) is 14.1. The van der Waals surface area contributed by atoms with Crippen LogP contribution in [0.2, 0.25) is 5.02 Å². The average Bonchev–Trinajstić information content (AvgIpc) is 3.57. The molecule has 2 saturated heterocycles. The maximum absolute atomic E-state index is 13.4. The fourth-order valence-electron chi connectivity index (χ4n) is 5.70. The summed E-state index contributed by atoms with van der Waals surface area (Å²) in [4.78, 5) is 27.4. The number of hydrogen-bond acceptors (Lipinski definition) is 5. The van der Waals surface area contributed by atoms with Gasteiger partial charge in [-0.2, -0.15) is 11.3 Å². The number of piperidine rings is 2. The van der Waals surface area contributed by atoms with E-state index in [2.05, 4.69) is 42.2 Å². The highest BCUT2D eigenvalue weighted by Crippen LogP contribution is 2.34. The molecule has 0 spiro atoms. The molecule has 186 valence electrons. The van der Waals surface area contributed by atoms with E-state index < -0.39 is 0 Å². The second kappa shape index (κ2) is 10.3. The summed E-state index contributed by atoms with van der Waals surface area (Å²) in [5.74, 6) is 1.37. The Morgan fingerprint density at radius 2 is 1.86 bits per heavy atom. The summed E-state index contributed by atoms with van der Waals surface area (Å²) in [6, 6.07) is 14.3. The van der Waals surface area contributed by atoms with Crippen LogP contribution in [0.4, 0.5) is 0 Å². The number of carbonyl (C=O) groups is 1. The molecule has 3 aromatic heterocycles. The largest absolute Gasteiger partial charge is 0.342 e. The zero-order chi connectivity index (χ0) is 24.5. The molecule has 8 heteroatoms. The lowest BCUT2D eigenvalue weighted by atomic mass is 9.93. The number of rotatable bonds is 5. The Hall–Kier alpha value is -2.74. The van der Waals surface area contributed by atoms with Gasteiger partial charge in [0.25, 0.3) is 0 Å². The molecule has 2 aliphatic heterocycles. The van der Waals surface area contributed by atoms with E-state index in [-0.39, 0.29) is 12.0 Å². The minimum absolute atomic E-state index is 0.153. The standard InChI is InChI=1S/C28H30ClN5OS/c29-22-4-5-26-25(17-22)31-27(24-3-1-2-11-30-24)34(26)23-8-14-33(15-9-23)28(35)21-6-12-32(13-7-21)18-20-10-16-36-19-20/h1-5,10-11,16-17,19,21,23H,6-9,12-15,18H2. The maximum atomic E-state index is 13.4. The Morgan fingerprint density at radius 3 is 2.58 bits per heavy atom. The lowest BCUT2D eigenvalue weighted by Gasteiger charge is -2.38. The van der Waals surface area contributed by atoms with Crippen molar-refractivity contribution in [1.29, 1.82) is 0 Å². The first-order chi connectivity index (χ1) is 17.7. The quantitative estimate of drug-likeness (QED) is 0.330. The van der Waals surface area contributed by atoms with E-state index in [1.807, 2.05) is 30.3 Å². The summed E-state index contributed by atoms with van der Waals surface area (Å²) in [5, 5.41) is 5.04. The number of imidazole rings is 1. The highest BCUT2D eigenvalue weighted by atomic mass is 35.5. The molecule has 4 aromatic rings. The van der Waals surface area contributed by atoms with E-state index in [1.165, 1.54) is 5.56 Å². The molecule has 2 aliphatic rings. The fourth-order valence-corrected chi connectivity index (χ4v) is 6.52. The topological polar surface area (TPSA) is 54.3 Å². The number of hydrogen-bond donors (Lipinski definition) is 0. The van der Waals surface area contributed by atoms with Crippen LogP contribution >= 0.6 is 22.9 Å². The third kappa shape index (κ3) is 4.80. The number of pyridine rings is 1. The van der Waals surface area contributed by atoms with E-state index in [1.54, 1.807) is 17.5 Å². The number of likely N-dealkylation sites (tertiary alicyclic amines) is 2. The minimum atomic E-state index is 0.153. The zero-order valence-corrected chi connectivity index (χ0v) is 21.8. The van der Waals surface area contributed by atoms with E-state index >= 15 is 0 Å². The summed E-state index contributed by atoms with van der Waals surface area (Å²) in [6.07, 6.45) is 5.55. The molecule has 0 radical (unpaired) electrons. The molecule has 0 atom stereocenters. The molecule has 0 bridgehead atoms. The summed E-state index contributed by atoms with van der Waals surface area (Å²) in [6.45, 7) is 4.57. The van der Waals surface area contributed by atoms with Gasteiger partial charge in [-0.3, -0.25) is 14.7 Å². The van der Waals surface area contributed by atoms with Gasteiger partial charge in [-0.05, 0) is 91.5 Å². The van der Waals surface area contributed by atoms with Gasteiger partial charge in [0.05, 0.1) is 11.0 Å². The van der Waals surface area contributed by atoms with E-state index in [9.17, 15) is 4.79 Å². The Morgan fingerprint density at radius 1 is 1.03 bits per heavy atom. The van der Waals surface area contributed by atoms with Crippen LogP contribution in [0.5, 0.6) is 0 Å². The molecule has 0 saturated carbocycles. The van der Waals surface area contributed by atoms with E-state index in [4.69, 9.17) is 16.6 Å². The lowest BCUT2D eigenvalue weighted by Crippen LogP contribution is -2.45. The number of thiophene rings is 1. The highest BCUT2D eigenvalue weighted by molar-refractivity contribution is 7.07. The van der Waals surface area contributed by atoms with Gasteiger partial charge in [0.15, 0.2) is 5.82 Å². The predicted octanol–water partition coefficient (Wildman–Crippen LogP) is 5.89. The van der Waals surface area contributed by atoms with Crippen molar-refractivity contribution in [2.24, 2.45) is 5.92 Å². The highest BCUT2D eigenvalue weighted by Gasteiger charge is 2.32. The normalized spacial score (nSPS) is 18.2. The molecule has 6 rings (SSSR count). The van der Waals surface area contributed by atoms with Crippen LogP contribution in [0.15, 0.2) is 59.4 Å². The molecule has 5 heterocycles. The smallest absolute Gasteiger partial charge is 0.225 e. The Bertz CT molecular complexity index is 1320. The van der Waals surface area contributed by atoms with Gasteiger partial charge in [-0.15, -0.1) is 0 Å². The van der Waals surface area contributed by atoms with Crippen molar-refractivity contribution in [3.8, 4) is 11.5 Å². The summed E-state index contributed by atoms with van der Waals surface area (Å²) in [7, 11) is 0. The molecule has 36 heavy (non-hydrogen) atoms. The van der Waals surface area contributed by atoms with Gasteiger partial charge in [0, 0.05) is 42.8 Å². The van der Waals surface area contributed by atoms with Gasteiger partial charge in [-0.1, -0.05) is 17.7 Å². The summed E-state index contributed by atoms with van der Waals surface area (Å²) < 4.78 is 2.32. The van der Waals surface area contributed by atoms with Crippen LogP contribution in [-0.2, 0) is 11.3 Å². The van der Waals surface area contributed by atoms with Crippen molar-refractivity contribution in [3.05, 3.63) is 70.0 Å². The molecule has 1 aromatic carbocycles. The zero-order valence-electron chi connectivity index (χ0n) is 20.2. The van der Waals surface area contributed by atoms with E-state index in [0.29, 0.717) is 10.9 Å². The third-order valence-electron chi connectivity index (χ3n) is 7.61. The number of nitrogens with zero attached hydrogens (tertiary/aromatic N) is 5. The summed E-state index contributed by atoms with van der Waals surface area (Å²) in [5.41, 5.74) is 4.20. The fraction of sp³-hybridized carbons (Fsp3) is 0.393. The van der Waals surface area contributed by atoms with Crippen LogP contribution in [-0.4, -0.2) is 56.4 Å². The number of halogens is 1. The first kappa shape index (κ1) is 23.6. The molecule has 0 N–H and O–H groups in total. The van der Waals surface area contributed by atoms with Crippen LogP contribution in [0.25, 0.3) is 22.6 Å². The van der Waals surface area contributed by atoms with Gasteiger partial charge in [0.1, 0.15) is 5.69 Å². The molecule has 2 fully saturated rings. The Kier molecular flexibility index (Phi) is 6.78. The van der Waals surface area contributed by atoms with Crippen LogP contribution < -0.4 is 0 Å². The molecule has 6 nitrogen and oxygen atoms in total. The number of carbonyl (C=O) groups excluding carboxylic acids is 1. The maximum Gasteiger partial charge on any atom is 0.225 e. The van der Waals surface area contributed by atoms with Crippen molar-refractivity contribution < 1.29 is 4.79 Å². The number of aromatic nitrogens is 3. The van der Waals surface area contributed by atoms with Gasteiger partial charge in [-0.25, -0.2) is 4.98 Å². The van der Waals surface area contributed by atoms with Gasteiger partial charge >= 0.3 is 0 Å².